The van der Waals surface area contributed by atoms with Crippen LogP contribution in [0.1, 0.15) is 39.5 Å². The largest absolute Gasteiger partial charge is 0.279 e. The summed E-state index contributed by atoms with van der Waals surface area (Å²) in [6.45, 7) is 4.98. The Morgan fingerprint density at radius 1 is 1.25 bits per heavy atom. The molecule has 0 spiro atoms. The lowest BCUT2D eigenvalue weighted by molar-refractivity contribution is 0.328. The van der Waals surface area contributed by atoms with Crippen molar-refractivity contribution in [2.45, 2.75) is 45.1 Å². The monoisotopic (exact) mass is 268 g/mol. The number of nitrogens with zero attached hydrogens (tertiary/aromatic N) is 1. The molecule has 0 radical (unpaired) electrons. The van der Waals surface area contributed by atoms with Crippen molar-refractivity contribution in [1.29, 1.82) is 0 Å². The molecule has 0 amide bonds. The molecule has 0 unspecified atom stereocenters. The van der Waals surface area contributed by atoms with Gasteiger partial charge in [-0.05, 0) is 33.1 Å². The number of piperidine rings is 1. The SMILES string of the molecule is CC(C)(CCCl)NS(=O)(=O)N1CCCCC1. The molecule has 1 heterocycles. The zero-order valence-electron chi connectivity index (χ0n) is 10.00. The van der Waals surface area contributed by atoms with Gasteiger partial charge in [0.25, 0.3) is 10.2 Å². The number of nitrogens with one attached hydrogen (secondary N) is 1. The maximum Gasteiger partial charge on any atom is 0.279 e. The van der Waals surface area contributed by atoms with Gasteiger partial charge in [0.2, 0.25) is 0 Å². The molecule has 1 saturated heterocycles. The van der Waals surface area contributed by atoms with Crippen LogP contribution >= 0.6 is 11.6 Å². The highest BCUT2D eigenvalue weighted by Gasteiger charge is 2.30. The van der Waals surface area contributed by atoms with Crippen LogP contribution in [-0.4, -0.2) is 37.2 Å². The predicted molar refractivity (Wildman–Crippen MR) is 66.9 cm³/mol. The van der Waals surface area contributed by atoms with Crippen molar-refractivity contribution in [2.24, 2.45) is 0 Å². The van der Waals surface area contributed by atoms with Gasteiger partial charge in [-0.15, -0.1) is 11.6 Å². The van der Waals surface area contributed by atoms with E-state index in [2.05, 4.69) is 4.72 Å². The molecule has 1 aliphatic heterocycles. The molecule has 0 saturated carbocycles. The van der Waals surface area contributed by atoms with Crippen LogP contribution < -0.4 is 4.72 Å². The Bertz CT molecular complexity index is 311. The molecule has 0 aromatic heterocycles. The van der Waals surface area contributed by atoms with Crippen LogP contribution in [0.25, 0.3) is 0 Å². The van der Waals surface area contributed by atoms with Gasteiger partial charge >= 0.3 is 0 Å². The van der Waals surface area contributed by atoms with E-state index in [-0.39, 0.29) is 0 Å². The maximum atomic E-state index is 12.0. The molecule has 16 heavy (non-hydrogen) atoms. The molecule has 0 aliphatic carbocycles. The molecular formula is C10H21ClN2O2S. The van der Waals surface area contributed by atoms with E-state index in [0.29, 0.717) is 25.4 Å². The fourth-order valence-corrected chi connectivity index (χ4v) is 3.95. The maximum absolute atomic E-state index is 12.0. The molecule has 0 bridgehead atoms. The van der Waals surface area contributed by atoms with Crippen LogP contribution in [0.3, 0.4) is 0 Å². The molecule has 1 rings (SSSR count). The summed E-state index contributed by atoms with van der Waals surface area (Å²) in [7, 11) is -3.34. The van der Waals surface area contributed by atoms with Crippen molar-refractivity contribution in [3.63, 3.8) is 0 Å². The van der Waals surface area contributed by atoms with Crippen molar-refractivity contribution in [1.82, 2.24) is 9.03 Å². The van der Waals surface area contributed by atoms with Crippen LogP contribution in [0.15, 0.2) is 0 Å². The van der Waals surface area contributed by atoms with E-state index in [1.54, 1.807) is 0 Å². The Morgan fingerprint density at radius 3 is 2.31 bits per heavy atom. The third kappa shape index (κ3) is 4.20. The van der Waals surface area contributed by atoms with E-state index in [1.807, 2.05) is 13.8 Å². The van der Waals surface area contributed by atoms with Gasteiger partial charge in [-0.3, -0.25) is 0 Å². The molecule has 6 heteroatoms. The van der Waals surface area contributed by atoms with E-state index in [9.17, 15) is 8.42 Å². The first-order valence-electron chi connectivity index (χ1n) is 5.72. The lowest BCUT2D eigenvalue weighted by Crippen LogP contribution is -2.51. The number of alkyl halides is 1. The zero-order chi connectivity index (χ0) is 12.2. The topological polar surface area (TPSA) is 49.4 Å². The molecule has 0 atom stereocenters. The van der Waals surface area contributed by atoms with Crippen LogP contribution in [0.4, 0.5) is 0 Å². The fraction of sp³-hybridized carbons (Fsp3) is 1.00. The number of hydrogen-bond donors (Lipinski definition) is 1. The zero-order valence-corrected chi connectivity index (χ0v) is 11.6. The van der Waals surface area contributed by atoms with E-state index in [1.165, 1.54) is 4.31 Å². The quantitative estimate of drug-likeness (QED) is 0.772. The Balaban J connectivity index is 2.63. The molecule has 1 N–H and O–H groups in total. The number of halogens is 1. The number of rotatable bonds is 5. The number of hydrogen-bond acceptors (Lipinski definition) is 2. The van der Waals surface area contributed by atoms with E-state index >= 15 is 0 Å². The standard InChI is InChI=1S/C10H21ClN2O2S/c1-10(2,6-7-11)12-16(14,15)13-8-4-3-5-9-13/h12H,3-9H2,1-2H3. The van der Waals surface area contributed by atoms with Crippen molar-refractivity contribution in [3.05, 3.63) is 0 Å². The third-order valence-electron chi connectivity index (χ3n) is 2.78. The molecule has 4 nitrogen and oxygen atoms in total. The Morgan fingerprint density at radius 2 is 1.81 bits per heavy atom. The second-order valence-corrected chi connectivity index (χ2v) is 6.94. The van der Waals surface area contributed by atoms with Crippen molar-refractivity contribution in [2.75, 3.05) is 19.0 Å². The van der Waals surface area contributed by atoms with Gasteiger partial charge < -0.3 is 0 Å². The first-order chi connectivity index (χ1) is 7.37. The summed E-state index contributed by atoms with van der Waals surface area (Å²) in [5, 5.41) is 0. The molecule has 1 aliphatic rings. The van der Waals surface area contributed by atoms with E-state index < -0.39 is 15.7 Å². The summed E-state index contributed by atoms with van der Waals surface area (Å²) < 4.78 is 28.3. The van der Waals surface area contributed by atoms with Crippen molar-refractivity contribution >= 4 is 21.8 Å². The summed E-state index contributed by atoms with van der Waals surface area (Å²) in [4.78, 5) is 0. The Hall–Kier alpha value is 0.160. The van der Waals surface area contributed by atoms with Gasteiger partial charge in [-0.25, -0.2) is 0 Å². The minimum absolute atomic E-state index is 0.454. The molecule has 0 aromatic carbocycles. The molecular weight excluding hydrogens is 248 g/mol. The van der Waals surface area contributed by atoms with Crippen molar-refractivity contribution in [3.8, 4) is 0 Å². The highest BCUT2D eigenvalue weighted by Crippen LogP contribution is 2.16. The minimum Gasteiger partial charge on any atom is -0.196 e. The Labute approximate surface area is 104 Å². The summed E-state index contributed by atoms with van der Waals surface area (Å²) in [5.74, 6) is 0.454. The van der Waals surface area contributed by atoms with Gasteiger partial charge in [0.05, 0.1) is 0 Å². The fourth-order valence-electron chi connectivity index (χ4n) is 1.81. The van der Waals surface area contributed by atoms with Crippen LogP contribution in [0.5, 0.6) is 0 Å². The first-order valence-corrected chi connectivity index (χ1v) is 7.70. The summed E-state index contributed by atoms with van der Waals surface area (Å²) in [6, 6.07) is 0. The van der Waals surface area contributed by atoms with Gasteiger partial charge in [0.1, 0.15) is 0 Å². The van der Waals surface area contributed by atoms with Gasteiger partial charge in [-0.1, -0.05) is 6.42 Å². The average molecular weight is 269 g/mol. The normalized spacial score (nSPS) is 19.9. The van der Waals surface area contributed by atoms with E-state index in [4.69, 9.17) is 11.6 Å². The van der Waals surface area contributed by atoms with E-state index in [0.717, 1.165) is 19.3 Å². The summed E-state index contributed by atoms with van der Waals surface area (Å²) >= 11 is 5.65. The lowest BCUT2D eigenvalue weighted by atomic mass is 10.0. The molecule has 0 aromatic rings. The molecule has 96 valence electrons. The highest BCUT2D eigenvalue weighted by molar-refractivity contribution is 7.87. The molecule has 1 fully saturated rings. The minimum atomic E-state index is -3.34. The highest BCUT2D eigenvalue weighted by atomic mass is 35.5. The smallest absolute Gasteiger partial charge is 0.196 e. The lowest BCUT2D eigenvalue weighted by Gasteiger charge is -2.31. The Kier molecular flexibility index (Phi) is 5.04. The second-order valence-electron chi connectivity index (χ2n) is 4.89. The average Bonchev–Trinajstić information content (AvgIpc) is 2.17. The summed E-state index contributed by atoms with van der Waals surface area (Å²) in [6.07, 6.45) is 3.66. The van der Waals surface area contributed by atoms with Crippen LogP contribution in [0.2, 0.25) is 0 Å². The van der Waals surface area contributed by atoms with Gasteiger partial charge in [0, 0.05) is 24.5 Å². The van der Waals surface area contributed by atoms with Gasteiger partial charge in [0.15, 0.2) is 0 Å². The van der Waals surface area contributed by atoms with Crippen LogP contribution in [-0.2, 0) is 10.2 Å². The van der Waals surface area contributed by atoms with Crippen LogP contribution in [0, 0.1) is 0 Å². The summed E-state index contributed by atoms with van der Waals surface area (Å²) in [5.41, 5.74) is -0.474. The van der Waals surface area contributed by atoms with Gasteiger partial charge in [-0.2, -0.15) is 17.4 Å². The second kappa shape index (κ2) is 5.67. The first kappa shape index (κ1) is 14.2. The van der Waals surface area contributed by atoms with Crippen molar-refractivity contribution < 1.29 is 8.42 Å². The third-order valence-corrected chi connectivity index (χ3v) is 4.82. The predicted octanol–water partition coefficient (Wildman–Crippen LogP) is 1.71.